The average Bonchev–Trinajstić information content (AvgIpc) is 2.36. The first-order valence-corrected chi connectivity index (χ1v) is 3.48. The summed E-state index contributed by atoms with van der Waals surface area (Å²) in [4.78, 5) is 14.1. The number of rotatable bonds is 3. The molecule has 1 aromatic rings. The molecule has 66 valence electrons. The van der Waals surface area contributed by atoms with E-state index >= 15 is 0 Å². The lowest BCUT2D eigenvalue weighted by atomic mass is 10.2. The molecule has 0 spiro atoms. The van der Waals surface area contributed by atoms with Gasteiger partial charge in [-0.2, -0.15) is 0 Å². The molecule has 12 heavy (non-hydrogen) atoms. The molecule has 0 saturated carbocycles. The Labute approximate surface area is 69.3 Å². The second kappa shape index (κ2) is 3.36. The number of carboxylic acids is 1. The van der Waals surface area contributed by atoms with E-state index in [1.165, 1.54) is 0 Å². The minimum Gasteiger partial charge on any atom is -0.479 e. The van der Waals surface area contributed by atoms with Crippen LogP contribution in [-0.4, -0.2) is 31.8 Å². The summed E-state index contributed by atoms with van der Waals surface area (Å²) >= 11 is 0. The highest BCUT2D eigenvalue weighted by Gasteiger charge is 2.15. The molecule has 1 atom stereocenters. The maximum atomic E-state index is 10.2. The maximum Gasteiger partial charge on any atom is 0.332 e. The van der Waals surface area contributed by atoms with E-state index in [1.54, 1.807) is 24.0 Å². The lowest BCUT2D eigenvalue weighted by molar-refractivity contribution is -0.146. The van der Waals surface area contributed by atoms with Crippen LogP contribution >= 0.6 is 0 Å². The molecule has 0 aliphatic carbocycles. The number of hydrogen-bond donors (Lipinski definition) is 2. The van der Waals surface area contributed by atoms with Gasteiger partial charge in [0, 0.05) is 25.9 Å². The van der Waals surface area contributed by atoms with Gasteiger partial charge in [0.1, 0.15) is 5.82 Å². The van der Waals surface area contributed by atoms with Gasteiger partial charge in [0.05, 0.1) is 0 Å². The molecule has 0 aliphatic heterocycles. The molecule has 0 fully saturated rings. The molecule has 1 rings (SSSR count). The van der Waals surface area contributed by atoms with Gasteiger partial charge in [0.15, 0.2) is 6.10 Å². The molecule has 5 nitrogen and oxygen atoms in total. The molecular formula is C7H10N2O3. The summed E-state index contributed by atoms with van der Waals surface area (Å²) in [5, 5.41) is 17.4. The van der Waals surface area contributed by atoms with Crippen LogP contribution in [0.5, 0.6) is 0 Å². The van der Waals surface area contributed by atoms with E-state index in [4.69, 9.17) is 10.2 Å². The Morgan fingerprint density at radius 3 is 2.92 bits per heavy atom. The van der Waals surface area contributed by atoms with Crippen molar-refractivity contribution in [1.29, 1.82) is 0 Å². The molecule has 0 aromatic carbocycles. The SMILES string of the molecule is Cn1ccnc1C[C@@H](O)C(=O)O. The van der Waals surface area contributed by atoms with Crippen molar-refractivity contribution in [3.63, 3.8) is 0 Å². The fourth-order valence-corrected chi connectivity index (χ4v) is 0.853. The first-order valence-electron chi connectivity index (χ1n) is 3.48. The third-order valence-electron chi connectivity index (χ3n) is 1.58. The number of aliphatic carboxylic acids is 1. The first-order chi connectivity index (χ1) is 5.61. The van der Waals surface area contributed by atoms with Crippen LogP contribution in [0.2, 0.25) is 0 Å². The molecule has 2 N–H and O–H groups in total. The second-order valence-electron chi connectivity index (χ2n) is 2.51. The maximum absolute atomic E-state index is 10.2. The summed E-state index contributed by atoms with van der Waals surface area (Å²) in [5.41, 5.74) is 0. The first kappa shape index (κ1) is 8.73. The van der Waals surface area contributed by atoms with Crippen LogP contribution in [0.4, 0.5) is 0 Å². The number of imidazole rings is 1. The van der Waals surface area contributed by atoms with Crippen molar-refractivity contribution in [2.75, 3.05) is 0 Å². The lowest BCUT2D eigenvalue weighted by Crippen LogP contribution is -2.23. The number of aromatic nitrogens is 2. The van der Waals surface area contributed by atoms with E-state index in [0.29, 0.717) is 5.82 Å². The molecule has 1 heterocycles. The largest absolute Gasteiger partial charge is 0.479 e. The van der Waals surface area contributed by atoms with Crippen LogP contribution < -0.4 is 0 Å². The number of hydrogen-bond acceptors (Lipinski definition) is 3. The Hall–Kier alpha value is -1.36. The predicted molar refractivity (Wildman–Crippen MR) is 40.6 cm³/mol. The topological polar surface area (TPSA) is 75.3 Å². The zero-order valence-electron chi connectivity index (χ0n) is 6.64. The van der Waals surface area contributed by atoms with Gasteiger partial charge in [-0.1, -0.05) is 0 Å². The van der Waals surface area contributed by atoms with Gasteiger partial charge < -0.3 is 14.8 Å². The zero-order chi connectivity index (χ0) is 9.14. The zero-order valence-corrected chi connectivity index (χ0v) is 6.64. The molecule has 0 bridgehead atoms. The molecule has 0 saturated heterocycles. The molecule has 0 aliphatic rings. The van der Waals surface area contributed by atoms with Crippen LogP contribution in [-0.2, 0) is 18.3 Å². The summed E-state index contributed by atoms with van der Waals surface area (Å²) in [7, 11) is 1.75. The van der Waals surface area contributed by atoms with Gasteiger partial charge in [-0.15, -0.1) is 0 Å². The summed E-state index contributed by atoms with van der Waals surface area (Å²) < 4.78 is 1.67. The highest BCUT2D eigenvalue weighted by atomic mass is 16.4. The Kier molecular flexibility index (Phi) is 2.44. The third-order valence-corrected chi connectivity index (χ3v) is 1.58. The smallest absolute Gasteiger partial charge is 0.332 e. The van der Waals surface area contributed by atoms with Gasteiger partial charge >= 0.3 is 5.97 Å². The van der Waals surface area contributed by atoms with Crippen molar-refractivity contribution in [3.05, 3.63) is 18.2 Å². The number of carbonyl (C=O) groups is 1. The molecule has 0 radical (unpaired) electrons. The Morgan fingerprint density at radius 1 is 1.83 bits per heavy atom. The van der Waals surface area contributed by atoms with Crippen LogP contribution in [0, 0.1) is 0 Å². The van der Waals surface area contributed by atoms with Crippen molar-refractivity contribution < 1.29 is 15.0 Å². The highest BCUT2D eigenvalue weighted by Crippen LogP contribution is 1.99. The van der Waals surface area contributed by atoms with Crippen molar-refractivity contribution in [2.45, 2.75) is 12.5 Å². The van der Waals surface area contributed by atoms with E-state index in [2.05, 4.69) is 4.98 Å². The number of aryl methyl sites for hydroxylation is 1. The Balaban J connectivity index is 2.64. The van der Waals surface area contributed by atoms with E-state index in [1.807, 2.05) is 0 Å². The minimum absolute atomic E-state index is 0.0405. The Bertz CT molecular complexity index is 282. The average molecular weight is 170 g/mol. The number of carboxylic acid groups (broad SMARTS) is 1. The monoisotopic (exact) mass is 170 g/mol. The van der Waals surface area contributed by atoms with Crippen LogP contribution in [0.25, 0.3) is 0 Å². The number of aliphatic hydroxyl groups is 1. The van der Waals surface area contributed by atoms with E-state index < -0.39 is 12.1 Å². The van der Waals surface area contributed by atoms with Gasteiger partial charge in [-0.3, -0.25) is 0 Å². The van der Waals surface area contributed by atoms with E-state index in [0.717, 1.165) is 0 Å². The molecule has 5 heteroatoms. The Morgan fingerprint density at radius 2 is 2.50 bits per heavy atom. The fourth-order valence-electron chi connectivity index (χ4n) is 0.853. The number of aliphatic hydroxyl groups excluding tert-OH is 1. The summed E-state index contributed by atoms with van der Waals surface area (Å²) in [5.74, 6) is -0.664. The summed E-state index contributed by atoms with van der Waals surface area (Å²) in [6.07, 6.45) is 1.93. The second-order valence-corrected chi connectivity index (χ2v) is 2.51. The van der Waals surface area contributed by atoms with E-state index in [9.17, 15) is 4.79 Å². The number of nitrogens with zero attached hydrogens (tertiary/aromatic N) is 2. The molecule has 0 amide bonds. The predicted octanol–water partition coefficient (Wildman–Crippen LogP) is -0.592. The lowest BCUT2D eigenvalue weighted by Gasteiger charge is -2.04. The van der Waals surface area contributed by atoms with Crippen molar-refractivity contribution in [2.24, 2.45) is 7.05 Å². The molecular weight excluding hydrogens is 160 g/mol. The normalized spacial score (nSPS) is 12.8. The minimum atomic E-state index is -1.37. The van der Waals surface area contributed by atoms with Gasteiger partial charge in [-0.05, 0) is 0 Å². The van der Waals surface area contributed by atoms with Crippen LogP contribution in [0.3, 0.4) is 0 Å². The summed E-state index contributed by atoms with van der Waals surface area (Å²) in [6, 6.07) is 0. The molecule has 0 unspecified atom stereocenters. The van der Waals surface area contributed by atoms with Crippen molar-refractivity contribution in [3.8, 4) is 0 Å². The van der Waals surface area contributed by atoms with Gasteiger partial charge in [-0.25, -0.2) is 9.78 Å². The van der Waals surface area contributed by atoms with Gasteiger partial charge in [0.25, 0.3) is 0 Å². The van der Waals surface area contributed by atoms with Crippen LogP contribution in [0.1, 0.15) is 5.82 Å². The van der Waals surface area contributed by atoms with E-state index in [-0.39, 0.29) is 6.42 Å². The van der Waals surface area contributed by atoms with Crippen molar-refractivity contribution >= 4 is 5.97 Å². The standard InChI is InChI=1S/C7H10N2O3/c1-9-3-2-8-6(9)4-5(10)7(11)12/h2-3,5,10H,4H2,1H3,(H,11,12)/t5-/m1/s1. The quantitative estimate of drug-likeness (QED) is 0.635. The van der Waals surface area contributed by atoms with Gasteiger partial charge in [0.2, 0.25) is 0 Å². The highest BCUT2D eigenvalue weighted by molar-refractivity contribution is 5.72. The third kappa shape index (κ3) is 1.82. The summed E-state index contributed by atoms with van der Waals surface area (Å²) in [6.45, 7) is 0. The van der Waals surface area contributed by atoms with Crippen LogP contribution in [0.15, 0.2) is 12.4 Å². The van der Waals surface area contributed by atoms with Crippen molar-refractivity contribution in [1.82, 2.24) is 9.55 Å². The fraction of sp³-hybridized carbons (Fsp3) is 0.429. The molecule has 1 aromatic heterocycles.